The van der Waals surface area contributed by atoms with Gasteiger partial charge in [-0.15, -0.1) is 0 Å². The molecule has 13 heavy (non-hydrogen) atoms. The Kier molecular flexibility index (Phi) is 3.32. The minimum atomic E-state index is -0.383. The predicted molar refractivity (Wildman–Crippen MR) is 49.8 cm³/mol. The van der Waals surface area contributed by atoms with Crippen molar-refractivity contribution in [3.63, 3.8) is 0 Å². The van der Waals surface area contributed by atoms with E-state index in [1.807, 2.05) is 6.92 Å². The van der Waals surface area contributed by atoms with E-state index in [1.165, 1.54) is 0 Å². The first-order valence-corrected chi connectivity index (χ1v) is 4.53. The summed E-state index contributed by atoms with van der Waals surface area (Å²) in [7, 11) is 0. The van der Waals surface area contributed by atoms with Crippen molar-refractivity contribution in [3.8, 4) is 11.8 Å². The lowest BCUT2D eigenvalue weighted by Gasteiger charge is -2.32. The third-order valence-corrected chi connectivity index (χ3v) is 2.16. The smallest absolute Gasteiger partial charge is 0.298 e. The van der Waals surface area contributed by atoms with Crippen LogP contribution >= 0.6 is 0 Å². The number of rotatable bonds is 0. The molecule has 0 aromatic heterocycles. The number of hydrogen-bond donors (Lipinski definition) is 1. The zero-order chi connectivity index (χ0) is 9.84. The molecule has 1 heterocycles. The Bertz CT molecular complexity index is 241. The van der Waals surface area contributed by atoms with Crippen LogP contribution in [0, 0.1) is 17.8 Å². The summed E-state index contributed by atoms with van der Waals surface area (Å²) in [5.41, 5.74) is 0. The summed E-state index contributed by atoms with van der Waals surface area (Å²) in [4.78, 5) is 13.0. The summed E-state index contributed by atoms with van der Waals surface area (Å²) < 4.78 is 0. The van der Waals surface area contributed by atoms with Crippen molar-refractivity contribution in [2.45, 2.75) is 26.4 Å². The molecule has 2 unspecified atom stereocenters. The van der Waals surface area contributed by atoms with E-state index in [1.54, 1.807) is 11.8 Å². The lowest BCUT2D eigenvalue weighted by Crippen LogP contribution is -2.45. The molecule has 0 spiro atoms. The number of carbonyl (C=O) groups excluding carboxylic acids is 1. The van der Waals surface area contributed by atoms with E-state index in [9.17, 15) is 9.90 Å². The van der Waals surface area contributed by atoms with Crippen molar-refractivity contribution >= 4 is 5.91 Å². The average Bonchev–Trinajstić information content (AvgIpc) is 2.03. The number of hydrogen-bond acceptors (Lipinski definition) is 2. The highest BCUT2D eigenvalue weighted by Crippen LogP contribution is 2.15. The zero-order valence-corrected chi connectivity index (χ0v) is 8.08. The number of aliphatic hydroxyl groups excluding tert-OH is 1. The lowest BCUT2D eigenvalue weighted by molar-refractivity contribution is -0.129. The van der Waals surface area contributed by atoms with Crippen LogP contribution in [0.25, 0.3) is 0 Å². The van der Waals surface area contributed by atoms with Crippen molar-refractivity contribution in [3.05, 3.63) is 0 Å². The third kappa shape index (κ3) is 2.74. The maximum Gasteiger partial charge on any atom is 0.298 e. The number of piperidine rings is 1. The summed E-state index contributed by atoms with van der Waals surface area (Å²) in [6, 6.07) is 0. The summed E-state index contributed by atoms with van der Waals surface area (Å²) in [6.45, 7) is 4.81. The average molecular weight is 181 g/mol. The molecule has 0 saturated carbocycles. The maximum absolute atomic E-state index is 11.3. The van der Waals surface area contributed by atoms with Gasteiger partial charge in [0.25, 0.3) is 5.91 Å². The number of aliphatic hydroxyl groups is 1. The van der Waals surface area contributed by atoms with Crippen LogP contribution < -0.4 is 0 Å². The lowest BCUT2D eigenvalue weighted by atomic mass is 9.98. The number of likely N-dealkylation sites (tertiary alicyclic amines) is 1. The van der Waals surface area contributed by atoms with Crippen molar-refractivity contribution in [2.24, 2.45) is 5.92 Å². The Balaban J connectivity index is 2.58. The molecule has 3 heteroatoms. The minimum absolute atomic E-state index is 0.173. The first-order chi connectivity index (χ1) is 6.13. The number of amides is 1. The van der Waals surface area contributed by atoms with Gasteiger partial charge in [-0.2, -0.15) is 0 Å². The van der Waals surface area contributed by atoms with E-state index in [-0.39, 0.29) is 12.0 Å². The third-order valence-electron chi connectivity index (χ3n) is 2.16. The van der Waals surface area contributed by atoms with Gasteiger partial charge in [0.15, 0.2) is 0 Å². The molecular weight excluding hydrogens is 166 g/mol. The molecule has 0 radical (unpaired) electrons. The molecule has 3 nitrogen and oxygen atoms in total. The Morgan fingerprint density at radius 2 is 2.23 bits per heavy atom. The molecule has 1 aliphatic rings. The van der Waals surface area contributed by atoms with Gasteiger partial charge in [0.05, 0.1) is 6.10 Å². The second kappa shape index (κ2) is 4.29. The summed E-state index contributed by atoms with van der Waals surface area (Å²) in [6.07, 6.45) is 0.398. The molecular formula is C10H15NO2. The van der Waals surface area contributed by atoms with Crippen LogP contribution in [-0.2, 0) is 4.79 Å². The van der Waals surface area contributed by atoms with Crippen molar-refractivity contribution in [2.75, 3.05) is 13.1 Å². The van der Waals surface area contributed by atoms with E-state index >= 15 is 0 Å². The van der Waals surface area contributed by atoms with Gasteiger partial charge >= 0.3 is 0 Å². The molecule has 1 rings (SSSR count). The highest BCUT2D eigenvalue weighted by atomic mass is 16.3. The zero-order valence-electron chi connectivity index (χ0n) is 8.08. The second-order valence-corrected chi connectivity index (χ2v) is 3.58. The summed E-state index contributed by atoms with van der Waals surface area (Å²) in [5, 5.41) is 9.43. The monoisotopic (exact) mass is 181 g/mol. The molecule has 0 aliphatic carbocycles. The number of β-amino-alcohol motifs (C(OH)–C–C–N with tert-alkyl or cyclic N) is 1. The van der Waals surface area contributed by atoms with E-state index in [4.69, 9.17) is 0 Å². The summed E-state index contributed by atoms with van der Waals surface area (Å²) >= 11 is 0. The minimum Gasteiger partial charge on any atom is -0.391 e. The van der Waals surface area contributed by atoms with Gasteiger partial charge in [-0.1, -0.05) is 12.8 Å². The van der Waals surface area contributed by atoms with Crippen molar-refractivity contribution in [1.29, 1.82) is 0 Å². The molecule has 0 aromatic rings. The molecule has 1 fully saturated rings. The van der Waals surface area contributed by atoms with Gasteiger partial charge < -0.3 is 10.0 Å². The van der Waals surface area contributed by atoms with Crippen LogP contribution in [0.5, 0.6) is 0 Å². The van der Waals surface area contributed by atoms with Gasteiger partial charge in [-0.25, -0.2) is 0 Å². The number of carbonyl (C=O) groups is 1. The van der Waals surface area contributed by atoms with Gasteiger partial charge in [-0.3, -0.25) is 4.79 Å². The molecule has 2 atom stereocenters. The highest BCUT2D eigenvalue weighted by molar-refractivity contribution is 5.93. The van der Waals surface area contributed by atoms with Gasteiger partial charge in [0.2, 0.25) is 0 Å². The van der Waals surface area contributed by atoms with Crippen LogP contribution in [0.2, 0.25) is 0 Å². The van der Waals surface area contributed by atoms with Crippen LogP contribution in [0.15, 0.2) is 0 Å². The van der Waals surface area contributed by atoms with Gasteiger partial charge in [-0.05, 0) is 25.2 Å². The molecule has 72 valence electrons. The first kappa shape index (κ1) is 10.1. The highest BCUT2D eigenvalue weighted by Gasteiger charge is 2.25. The normalized spacial score (nSPS) is 27.8. The Morgan fingerprint density at radius 3 is 2.77 bits per heavy atom. The number of nitrogens with zero attached hydrogens (tertiary/aromatic N) is 1. The largest absolute Gasteiger partial charge is 0.391 e. The van der Waals surface area contributed by atoms with Crippen LogP contribution in [0.4, 0.5) is 0 Å². The standard InChI is InChI=1S/C10H15NO2/c1-3-4-10(13)11-6-8(2)5-9(12)7-11/h8-9,12H,5-7H2,1-2H3. The van der Waals surface area contributed by atoms with E-state index < -0.39 is 0 Å². The second-order valence-electron chi connectivity index (χ2n) is 3.58. The SMILES string of the molecule is CC#CC(=O)N1CC(C)CC(O)C1. The first-order valence-electron chi connectivity index (χ1n) is 4.53. The fraction of sp³-hybridized carbons (Fsp3) is 0.700. The molecule has 0 bridgehead atoms. The summed E-state index contributed by atoms with van der Waals surface area (Å²) in [5.74, 6) is 5.25. The van der Waals surface area contributed by atoms with E-state index in [0.29, 0.717) is 19.0 Å². The quantitative estimate of drug-likeness (QED) is 0.544. The Hall–Kier alpha value is -1.01. The predicted octanol–water partition coefficient (Wildman–Crippen LogP) is 0.239. The fourth-order valence-electron chi connectivity index (χ4n) is 1.67. The topological polar surface area (TPSA) is 40.5 Å². The molecule has 1 N–H and O–H groups in total. The Labute approximate surface area is 78.7 Å². The van der Waals surface area contributed by atoms with E-state index in [2.05, 4.69) is 11.8 Å². The van der Waals surface area contributed by atoms with Crippen molar-refractivity contribution < 1.29 is 9.90 Å². The van der Waals surface area contributed by atoms with Gasteiger partial charge in [0.1, 0.15) is 0 Å². The van der Waals surface area contributed by atoms with Crippen LogP contribution in [0.1, 0.15) is 20.3 Å². The molecule has 1 amide bonds. The van der Waals surface area contributed by atoms with Crippen LogP contribution in [0.3, 0.4) is 0 Å². The van der Waals surface area contributed by atoms with Crippen molar-refractivity contribution in [1.82, 2.24) is 4.90 Å². The van der Waals surface area contributed by atoms with E-state index in [0.717, 1.165) is 6.42 Å². The molecule has 1 saturated heterocycles. The van der Waals surface area contributed by atoms with Gasteiger partial charge in [0, 0.05) is 13.1 Å². The maximum atomic E-state index is 11.3. The molecule has 1 aliphatic heterocycles. The van der Waals surface area contributed by atoms with Crippen LogP contribution in [-0.4, -0.2) is 35.1 Å². The fourth-order valence-corrected chi connectivity index (χ4v) is 1.67. The molecule has 0 aromatic carbocycles. The Morgan fingerprint density at radius 1 is 1.54 bits per heavy atom.